The molecule has 0 fully saturated rings. The van der Waals surface area contributed by atoms with Crippen LogP contribution in [0.2, 0.25) is 0 Å². The first-order valence-electron chi connectivity index (χ1n) is 3.71. The lowest BCUT2D eigenvalue weighted by Crippen LogP contribution is -2.24. The molecule has 0 aliphatic carbocycles. The molecule has 3 nitrogen and oxygen atoms in total. The summed E-state index contributed by atoms with van der Waals surface area (Å²) in [6.07, 6.45) is 1.99. The van der Waals surface area contributed by atoms with E-state index in [1.165, 1.54) is 5.69 Å². The Balaban J connectivity index is 2.88. The van der Waals surface area contributed by atoms with Gasteiger partial charge in [-0.3, -0.25) is 0 Å². The van der Waals surface area contributed by atoms with E-state index in [0.717, 1.165) is 5.56 Å². The van der Waals surface area contributed by atoms with E-state index in [1.54, 1.807) is 0 Å². The van der Waals surface area contributed by atoms with Gasteiger partial charge in [0.05, 0.1) is 6.17 Å². The van der Waals surface area contributed by atoms with Crippen LogP contribution in [0, 0.1) is 6.92 Å². The van der Waals surface area contributed by atoms with Crippen molar-refractivity contribution in [3.63, 3.8) is 0 Å². The molecule has 1 unspecified atom stereocenters. The zero-order valence-corrected chi connectivity index (χ0v) is 7.26. The molecule has 1 atom stereocenters. The second kappa shape index (κ2) is 3.07. The maximum absolute atomic E-state index is 5.75. The third-order valence-corrected chi connectivity index (χ3v) is 1.94. The molecular formula is C8H15N3. The minimum Gasteiger partial charge on any atom is -0.354 e. The van der Waals surface area contributed by atoms with Gasteiger partial charge in [-0.1, -0.05) is 0 Å². The summed E-state index contributed by atoms with van der Waals surface area (Å²) in [5.41, 5.74) is 8.11. The molecule has 0 saturated heterocycles. The molecule has 1 rings (SSSR count). The Morgan fingerprint density at radius 3 is 2.64 bits per heavy atom. The average molecular weight is 153 g/mol. The molecule has 1 heterocycles. The molecule has 0 bridgehead atoms. The van der Waals surface area contributed by atoms with Crippen LogP contribution in [-0.2, 0) is 7.05 Å². The normalized spacial score (nSPS) is 13.5. The van der Waals surface area contributed by atoms with E-state index in [-0.39, 0.29) is 6.17 Å². The molecule has 3 N–H and O–H groups in total. The Bertz CT molecular complexity index is 220. The maximum Gasteiger partial charge on any atom is 0.0822 e. The number of rotatable bonds is 2. The molecule has 0 amide bonds. The number of hydrogen-bond acceptors (Lipinski definition) is 2. The van der Waals surface area contributed by atoms with Crippen molar-refractivity contribution in [2.75, 3.05) is 7.05 Å². The highest BCUT2D eigenvalue weighted by molar-refractivity contribution is 5.20. The van der Waals surface area contributed by atoms with Crippen molar-refractivity contribution in [3.8, 4) is 0 Å². The van der Waals surface area contributed by atoms with Gasteiger partial charge < -0.3 is 15.6 Å². The van der Waals surface area contributed by atoms with Gasteiger partial charge >= 0.3 is 0 Å². The lowest BCUT2D eigenvalue weighted by molar-refractivity contribution is 0.621. The predicted molar refractivity (Wildman–Crippen MR) is 46.1 cm³/mol. The van der Waals surface area contributed by atoms with E-state index in [9.17, 15) is 0 Å². The summed E-state index contributed by atoms with van der Waals surface area (Å²) in [7, 11) is 3.87. The van der Waals surface area contributed by atoms with Gasteiger partial charge in [-0.25, -0.2) is 0 Å². The van der Waals surface area contributed by atoms with Crippen molar-refractivity contribution in [1.82, 2.24) is 9.88 Å². The second-order valence-corrected chi connectivity index (χ2v) is 2.79. The standard InChI is InChI=1S/C8H15N3/c1-6-4-7(5-11(6)3)8(9)10-2/h4-5,8,10H,9H2,1-3H3. The van der Waals surface area contributed by atoms with Crippen LogP contribution in [0.1, 0.15) is 17.4 Å². The van der Waals surface area contributed by atoms with Crippen LogP contribution >= 0.6 is 0 Å². The molecule has 0 aromatic carbocycles. The van der Waals surface area contributed by atoms with Crippen molar-refractivity contribution in [2.45, 2.75) is 13.1 Å². The number of nitrogens with one attached hydrogen (secondary N) is 1. The van der Waals surface area contributed by atoms with Crippen molar-refractivity contribution < 1.29 is 0 Å². The fraction of sp³-hybridized carbons (Fsp3) is 0.500. The minimum absolute atomic E-state index is 0.0464. The molecule has 0 saturated carbocycles. The van der Waals surface area contributed by atoms with Crippen LogP contribution in [0.5, 0.6) is 0 Å². The van der Waals surface area contributed by atoms with Gasteiger partial charge in [0.2, 0.25) is 0 Å². The van der Waals surface area contributed by atoms with E-state index in [4.69, 9.17) is 5.73 Å². The number of aromatic nitrogens is 1. The van der Waals surface area contributed by atoms with Crippen LogP contribution in [0.4, 0.5) is 0 Å². The Morgan fingerprint density at radius 2 is 2.27 bits per heavy atom. The SMILES string of the molecule is CNC(N)c1cc(C)n(C)c1. The summed E-state index contributed by atoms with van der Waals surface area (Å²) in [5, 5.41) is 2.99. The third kappa shape index (κ3) is 1.61. The zero-order chi connectivity index (χ0) is 8.43. The maximum atomic E-state index is 5.75. The van der Waals surface area contributed by atoms with E-state index in [2.05, 4.69) is 22.9 Å². The van der Waals surface area contributed by atoms with Crippen LogP contribution in [0.25, 0.3) is 0 Å². The van der Waals surface area contributed by atoms with Crippen molar-refractivity contribution in [2.24, 2.45) is 12.8 Å². The highest BCUT2D eigenvalue weighted by Gasteiger charge is 2.04. The summed E-state index contributed by atoms with van der Waals surface area (Å²) in [4.78, 5) is 0. The first-order chi connectivity index (χ1) is 5.15. The smallest absolute Gasteiger partial charge is 0.0822 e. The molecule has 3 heteroatoms. The zero-order valence-electron chi connectivity index (χ0n) is 7.26. The van der Waals surface area contributed by atoms with Crippen molar-refractivity contribution in [3.05, 3.63) is 23.5 Å². The van der Waals surface area contributed by atoms with Gasteiger partial charge in [0.15, 0.2) is 0 Å². The van der Waals surface area contributed by atoms with Gasteiger partial charge in [-0.05, 0) is 20.0 Å². The molecule has 1 aromatic heterocycles. The largest absolute Gasteiger partial charge is 0.354 e. The van der Waals surface area contributed by atoms with Crippen LogP contribution in [0.3, 0.4) is 0 Å². The third-order valence-electron chi connectivity index (χ3n) is 1.94. The molecule has 1 aromatic rings. The molecule has 0 aliphatic heterocycles. The number of nitrogens with zero attached hydrogens (tertiary/aromatic N) is 1. The topological polar surface area (TPSA) is 43.0 Å². The Kier molecular flexibility index (Phi) is 2.31. The summed E-state index contributed by atoms with van der Waals surface area (Å²) < 4.78 is 2.06. The predicted octanol–water partition coefficient (Wildman–Crippen LogP) is 0.510. The summed E-state index contributed by atoms with van der Waals surface area (Å²) in [5.74, 6) is 0. The van der Waals surface area contributed by atoms with Crippen LogP contribution in [0.15, 0.2) is 12.3 Å². The van der Waals surface area contributed by atoms with Gasteiger partial charge in [-0.2, -0.15) is 0 Å². The van der Waals surface area contributed by atoms with Crippen LogP contribution < -0.4 is 11.1 Å². The Morgan fingerprint density at radius 1 is 1.64 bits per heavy atom. The molecular weight excluding hydrogens is 138 g/mol. The quantitative estimate of drug-likeness (QED) is 0.608. The van der Waals surface area contributed by atoms with Gasteiger partial charge in [0, 0.05) is 24.5 Å². The van der Waals surface area contributed by atoms with Gasteiger partial charge in [0.1, 0.15) is 0 Å². The van der Waals surface area contributed by atoms with E-state index in [1.807, 2.05) is 20.3 Å². The van der Waals surface area contributed by atoms with E-state index < -0.39 is 0 Å². The highest BCUT2D eigenvalue weighted by atomic mass is 15.0. The van der Waals surface area contributed by atoms with Crippen molar-refractivity contribution >= 4 is 0 Å². The second-order valence-electron chi connectivity index (χ2n) is 2.79. The number of aryl methyl sites for hydroxylation is 2. The first-order valence-corrected chi connectivity index (χ1v) is 3.71. The first kappa shape index (κ1) is 8.30. The highest BCUT2D eigenvalue weighted by Crippen LogP contribution is 2.10. The van der Waals surface area contributed by atoms with Gasteiger partial charge in [0.25, 0.3) is 0 Å². The number of nitrogens with two attached hydrogens (primary N) is 1. The molecule has 11 heavy (non-hydrogen) atoms. The molecule has 62 valence electrons. The monoisotopic (exact) mass is 153 g/mol. The average Bonchev–Trinajstić information content (AvgIpc) is 2.31. The summed E-state index contributed by atoms with van der Waals surface area (Å²) in [6.45, 7) is 2.06. The fourth-order valence-corrected chi connectivity index (χ4v) is 1.04. The Hall–Kier alpha value is -0.800. The van der Waals surface area contributed by atoms with E-state index in [0.29, 0.717) is 0 Å². The summed E-state index contributed by atoms with van der Waals surface area (Å²) >= 11 is 0. The van der Waals surface area contributed by atoms with E-state index >= 15 is 0 Å². The summed E-state index contributed by atoms with van der Waals surface area (Å²) in [6, 6.07) is 2.08. The molecule has 0 spiro atoms. The lowest BCUT2D eigenvalue weighted by Gasteiger charge is -2.06. The fourth-order valence-electron chi connectivity index (χ4n) is 1.04. The van der Waals surface area contributed by atoms with Crippen molar-refractivity contribution in [1.29, 1.82) is 0 Å². The molecule has 0 aliphatic rings. The lowest BCUT2D eigenvalue weighted by atomic mass is 10.2. The Labute approximate surface area is 67.2 Å². The van der Waals surface area contributed by atoms with Gasteiger partial charge in [-0.15, -0.1) is 0 Å². The number of hydrogen-bond donors (Lipinski definition) is 2. The van der Waals surface area contributed by atoms with Crippen LogP contribution in [-0.4, -0.2) is 11.6 Å². The minimum atomic E-state index is -0.0464. The molecule has 0 radical (unpaired) electrons.